The molecule has 0 amide bonds. The topological polar surface area (TPSA) is 65.7 Å². The van der Waals surface area contributed by atoms with Gasteiger partial charge in [-0.25, -0.2) is 0 Å². The quantitative estimate of drug-likeness (QED) is 0.904. The van der Waals surface area contributed by atoms with Gasteiger partial charge < -0.3 is 14.6 Å². The molecule has 2 bridgehead atoms. The van der Waals surface area contributed by atoms with Gasteiger partial charge in [0.25, 0.3) is 0 Å². The zero-order valence-electron chi connectivity index (χ0n) is 15.5. The number of fused-ring (bicyclic) bond motifs is 2. The summed E-state index contributed by atoms with van der Waals surface area (Å²) in [5.41, 5.74) is 1.31. The second-order valence-electron chi connectivity index (χ2n) is 7.44. The maximum absolute atomic E-state index is 11.6. The van der Waals surface area contributed by atoms with E-state index in [0.717, 1.165) is 6.54 Å². The van der Waals surface area contributed by atoms with E-state index < -0.39 is 5.60 Å². The fourth-order valence-electron chi connectivity index (χ4n) is 4.52. The molecule has 2 saturated heterocycles. The summed E-state index contributed by atoms with van der Waals surface area (Å²) in [6.45, 7) is 2.04. The summed E-state index contributed by atoms with van der Waals surface area (Å²) in [5, 5.41) is 21.2. The lowest BCUT2D eigenvalue weighted by Gasteiger charge is -2.52. The van der Waals surface area contributed by atoms with E-state index >= 15 is 0 Å². The third-order valence-electron chi connectivity index (χ3n) is 5.77. The third kappa shape index (κ3) is 3.32. The van der Waals surface area contributed by atoms with Gasteiger partial charge in [-0.1, -0.05) is 42.5 Å². The molecule has 4 rings (SSSR count). The first kappa shape index (κ1) is 18.0. The fraction of sp³-hybridized carbons (Fsp3) is 0.409. The van der Waals surface area contributed by atoms with Crippen LogP contribution in [0.15, 0.2) is 48.5 Å². The molecule has 2 heterocycles. The molecule has 2 unspecified atom stereocenters. The Hall–Kier alpha value is -2.39. The van der Waals surface area contributed by atoms with Crippen LogP contribution < -0.4 is 4.74 Å². The minimum atomic E-state index is -1.05. The summed E-state index contributed by atoms with van der Waals surface area (Å²) in [6, 6.07) is 18.3. The van der Waals surface area contributed by atoms with Crippen LogP contribution in [0.3, 0.4) is 0 Å². The Morgan fingerprint density at radius 3 is 2.48 bits per heavy atom. The highest BCUT2D eigenvalue weighted by Crippen LogP contribution is 2.43. The molecule has 2 aliphatic rings. The van der Waals surface area contributed by atoms with Crippen LogP contribution in [0, 0.1) is 11.3 Å². The van der Waals surface area contributed by atoms with Crippen molar-refractivity contribution < 1.29 is 14.6 Å². The van der Waals surface area contributed by atoms with E-state index in [1.807, 2.05) is 18.2 Å². The molecule has 5 heteroatoms. The molecule has 2 fully saturated rings. The minimum absolute atomic E-state index is 0.112. The average molecular weight is 364 g/mol. The first-order valence-electron chi connectivity index (χ1n) is 9.32. The molecule has 27 heavy (non-hydrogen) atoms. The average Bonchev–Trinajstić information content (AvgIpc) is 2.69. The number of morpholine rings is 1. The van der Waals surface area contributed by atoms with Crippen molar-refractivity contribution in [1.29, 1.82) is 5.26 Å². The highest BCUT2D eigenvalue weighted by molar-refractivity contribution is 5.51. The number of piperidine rings is 1. The molecule has 2 aromatic carbocycles. The highest BCUT2D eigenvalue weighted by atomic mass is 16.5. The Kier molecular flexibility index (Phi) is 4.88. The lowest BCUT2D eigenvalue weighted by Crippen LogP contribution is -2.60. The molecule has 5 nitrogen and oxygen atoms in total. The second kappa shape index (κ2) is 7.32. The van der Waals surface area contributed by atoms with E-state index in [1.54, 1.807) is 13.2 Å². The Morgan fingerprint density at radius 1 is 1.15 bits per heavy atom. The summed E-state index contributed by atoms with van der Waals surface area (Å²) in [6.07, 6.45) is 1.08. The van der Waals surface area contributed by atoms with Gasteiger partial charge in [0, 0.05) is 24.2 Å². The number of ether oxygens (including phenoxy) is 2. The van der Waals surface area contributed by atoms with E-state index in [-0.39, 0.29) is 12.1 Å². The summed E-state index contributed by atoms with van der Waals surface area (Å²) in [7, 11) is 1.55. The third-order valence-corrected chi connectivity index (χ3v) is 5.77. The van der Waals surface area contributed by atoms with Gasteiger partial charge in [0.1, 0.15) is 17.4 Å². The van der Waals surface area contributed by atoms with E-state index in [9.17, 15) is 10.4 Å². The molecule has 0 radical (unpaired) electrons. The smallest absolute Gasteiger partial charge is 0.137 e. The van der Waals surface area contributed by atoms with Gasteiger partial charge in [-0.2, -0.15) is 5.26 Å². The van der Waals surface area contributed by atoms with Gasteiger partial charge in [-0.15, -0.1) is 0 Å². The Balaban J connectivity index is 1.64. The van der Waals surface area contributed by atoms with Crippen LogP contribution in [-0.2, 0) is 16.9 Å². The molecular formula is C22H24N2O3. The van der Waals surface area contributed by atoms with Crippen molar-refractivity contribution in [2.75, 3.05) is 20.3 Å². The van der Waals surface area contributed by atoms with Crippen molar-refractivity contribution in [1.82, 2.24) is 4.90 Å². The van der Waals surface area contributed by atoms with Crippen molar-refractivity contribution >= 4 is 0 Å². The van der Waals surface area contributed by atoms with E-state index in [2.05, 4.69) is 35.2 Å². The van der Waals surface area contributed by atoms with Gasteiger partial charge in [0.2, 0.25) is 0 Å². The molecule has 0 saturated carbocycles. The predicted molar refractivity (Wildman–Crippen MR) is 101 cm³/mol. The van der Waals surface area contributed by atoms with Crippen LogP contribution in [0.2, 0.25) is 0 Å². The number of hydrogen-bond acceptors (Lipinski definition) is 5. The molecule has 2 aromatic rings. The van der Waals surface area contributed by atoms with Crippen molar-refractivity contribution in [2.45, 2.75) is 37.1 Å². The number of hydrogen-bond donors (Lipinski definition) is 1. The van der Waals surface area contributed by atoms with Gasteiger partial charge in [-0.3, -0.25) is 4.90 Å². The van der Waals surface area contributed by atoms with Crippen molar-refractivity contribution in [3.63, 3.8) is 0 Å². The molecule has 0 aliphatic carbocycles. The second-order valence-corrected chi connectivity index (χ2v) is 7.44. The van der Waals surface area contributed by atoms with Crippen molar-refractivity contribution in [3.8, 4) is 11.8 Å². The van der Waals surface area contributed by atoms with Crippen LogP contribution in [0.4, 0.5) is 0 Å². The Bertz CT molecular complexity index is 832. The minimum Gasteiger partial charge on any atom is -0.495 e. The summed E-state index contributed by atoms with van der Waals surface area (Å²) in [5.74, 6) is 0.511. The summed E-state index contributed by atoms with van der Waals surface area (Å²) < 4.78 is 11.1. The largest absolute Gasteiger partial charge is 0.495 e. The maximum Gasteiger partial charge on any atom is 0.137 e. The normalized spacial score (nSPS) is 27.7. The number of benzene rings is 2. The molecule has 0 aromatic heterocycles. The van der Waals surface area contributed by atoms with Crippen LogP contribution in [-0.4, -0.2) is 42.4 Å². The molecular weight excluding hydrogens is 340 g/mol. The summed E-state index contributed by atoms with van der Waals surface area (Å²) in [4.78, 5) is 2.44. The van der Waals surface area contributed by atoms with E-state index in [4.69, 9.17) is 9.47 Å². The van der Waals surface area contributed by atoms with E-state index in [1.165, 1.54) is 5.56 Å². The van der Waals surface area contributed by atoms with Gasteiger partial charge >= 0.3 is 0 Å². The zero-order valence-corrected chi connectivity index (χ0v) is 15.5. The fourth-order valence-corrected chi connectivity index (χ4v) is 4.52. The number of aliphatic hydroxyl groups is 1. The number of methoxy groups -OCH3 is 1. The molecule has 2 aliphatic heterocycles. The number of nitrogens with zero attached hydrogens (tertiary/aromatic N) is 2. The summed E-state index contributed by atoms with van der Waals surface area (Å²) >= 11 is 0. The lowest BCUT2D eigenvalue weighted by molar-refractivity contribution is -0.149. The van der Waals surface area contributed by atoms with Gasteiger partial charge in [-0.05, 0) is 24.5 Å². The first-order valence-corrected chi connectivity index (χ1v) is 9.32. The van der Waals surface area contributed by atoms with Crippen molar-refractivity contribution in [2.24, 2.45) is 0 Å². The van der Waals surface area contributed by atoms with Crippen LogP contribution in [0.5, 0.6) is 5.75 Å². The predicted octanol–water partition coefficient (Wildman–Crippen LogP) is 2.82. The van der Waals surface area contributed by atoms with Crippen LogP contribution in [0.1, 0.15) is 29.5 Å². The highest BCUT2D eigenvalue weighted by Gasteiger charge is 2.48. The van der Waals surface area contributed by atoms with Crippen LogP contribution in [0.25, 0.3) is 0 Å². The monoisotopic (exact) mass is 364 g/mol. The zero-order chi connectivity index (χ0) is 18.9. The number of nitriles is 1. The van der Waals surface area contributed by atoms with E-state index in [0.29, 0.717) is 42.9 Å². The maximum atomic E-state index is 11.6. The molecule has 140 valence electrons. The molecule has 0 spiro atoms. The molecule has 2 atom stereocenters. The lowest BCUT2D eigenvalue weighted by atomic mass is 9.75. The number of rotatable bonds is 4. The Labute approximate surface area is 159 Å². The van der Waals surface area contributed by atoms with Gasteiger partial charge in [0.15, 0.2) is 0 Å². The standard InChI is InChI=1S/C22H24N2O3/c1-26-21-9-5-8-20(19(21)12-23)22(25)10-17-14-27-15-18(11-22)24(17)13-16-6-3-2-4-7-16/h2-9,17-18,25H,10-11,13-15H2,1H3. The first-order chi connectivity index (χ1) is 13.1. The van der Waals surface area contributed by atoms with Crippen LogP contribution >= 0.6 is 0 Å². The molecule has 1 N–H and O–H groups in total. The van der Waals surface area contributed by atoms with Gasteiger partial charge in [0.05, 0.1) is 25.9 Å². The Morgan fingerprint density at radius 2 is 1.85 bits per heavy atom. The van der Waals surface area contributed by atoms with Crippen molar-refractivity contribution in [3.05, 3.63) is 65.2 Å². The SMILES string of the molecule is COc1cccc(C2(O)CC3COCC(C2)N3Cc2ccccc2)c1C#N.